The van der Waals surface area contributed by atoms with Gasteiger partial charge < -0.3 is 24.3 Å². The van der Waals surface area contributed by atoms with Gasteiger partial charge in [0.05, 0.1) is 23.8 Å². The van der Waals surface area contributed by atoms with Gasteiger partial charge in [0.2, 0.25) is 5.95 Å². The van der Waals surface area contributed by atoms with Crippen LogP contribution >= 0.6 is 0 Å². The van der Waals surface area contributed by atoms with Crippen LogP contribution in [0, 0.1) is 6.92 Å². The first-order valence-corrected chi connectivity index (χ1v) is 8.70. The number of nitrogens with one attached hydrogen (secondary N) is 1. The van der Waals surface area contributed by atoms with Crippen molar-refractivity contribution in [3.8, 4) is 0 Å². The first-order valence-electron chi connectivity index (χ1n) is 8.70. The molecular weight excluding hydrogens is 334 g/mol. The number of aromatic nitrogens is 3. The summed E-state index contributed by atoms with van der Waals surface area (Å²) >= 11 is 0. The zero-order valence-electron chi connectivity index (χ0n) is 14.6. The van der Waals surface area contributed by atoms with Crippen molar-refractivity contribution in [2.45, 2.75) is 32.4 Å². The fraction of sp³-hybridized carbons (Fsp3) is 0.389. The first-order chi connectivity index (χ1) is 12.6. The zero-order valence-corrected chi connectivity index (χ0v) is 14.6. The maximum Gasteiger partial charge on any atom is 0.407 e. The topological polar surface area (TPSA) is 96.4 Å². The summed E-state index contributed by atoms with van der Waals surface area (Å²) in [4.78, 5) is 21.4. The number of likely N-dealkylation sites (tertiary alicyclic amines) is 1. The number of hydrogen-bond donors (Lipinski definition) is 2. The van der Waals surface area contributed by atoms with E-state index in [0.29, 0.717) is 19.6 Å². The predicted molar refractivity (Wildman–Crippen MR) is 96.3 cm³/mol. The molecule has 0 saturated carbocycles. The van der Waals surface area contributed by atoms with E-state index in [-0.39, 0.29) is 6.04 Å². The van der Waals surface area contributed by atoms with Crippen LogP contribution in [0.25, 0.3) is 11.0 Å². The van der Waals surface area contributed by atoms with Gasteiger partial charge in [-0.05, 0) is 38.0 Å². The summed E-state index contributed by atoms with van der Waals surface area (Å²) in [5.74, 6) is 2.49. The molecule has 0 aromatic carbocycles. The van der Waals surface area contributed by atoms with Crippen molar-refractivity contribution in [1.82, 2.24) is 19.4 Å². The smallest absolute Gasteiger partial charge is 0.407 e. The molecule has 1 aliphatic rings. The van der Waals surface area contributed by atoms with Crippen LogP contribution in [0.3, 0.4) is 0 Å². The number of carboxylic acid groups (broad SMARTS) is 1. The van der Waals surface area contributed by atoms with Gasteiger partial charge in [-0.1, -0.05) is 0 Å². The summed E-state index contributed by atoms with van der Waals surface area (Å²) in [6, 6.07) is 5.98. The van der Waals surface area contributed by atoms with E-state index in [9.17, 15) is 4.79 Å². The number of carbonyl (C=O) groups is 1. The predicted octanol–water partition coefficient (Wildman–Crippen LogP) is 2.94. The monoisotopic (exact) mass is 355 g/mol. The molecule has 0 spiro atoms. The van der Waals surface area contributed by atoms with E-state index in [1.165, 1.54) is 4.90 Å². The van der Waals surface area contributed by atoms with Crippen molar-refractivity contribution in [2.24, 2.45) is 0 Å². The minimum absolute atomic E-state index is 0.187. The Morgan fingerprint density at radius 3 is 2.85 bits per heavy atom. The molecule has 0 aliphatic carbocycles. The second kappa shape index (κ2) is 6.70. The second-order valence-corrected chi connectivity index (χ2v) is 6.59. The highest BCUT2D eigenvalue weighted by Gasteiger charge is 2.24. The van der Waals surface area contributed by atoms with Crippen molar-refractivity contribution in [1.29, 1.82) is 0 Å². The number of anilines is 1. The summed E-state index contributed by atoms with van der Waals surface area (Å²) in [6.45, 7) is 3.55. The van der Waals surface area contributed by atoms with E-state index < -0.39 is 6.09 Å². The number of amides is 1. The lowest BCUT2D eigenvalue weighted by atomic mass is 10.1. The fourth-order valence-corrected chi connectivity index (χ4v) is 3.36. The maximum absolute atomic E-state index is 11.1. The van der Waals surface area contributed by atoms with Crippen LogP contribution in [0.15, 0.2) is 35.0 Å². The van der Waals surface area contributed by atoms with Crippen LogP contribution < -0.4 is 5.32 Å². The molecule has 1 saturated heterocycles. The van der Waals surface area contributed by atoms with Crippen molar-refractivity contribution >= 4 is 23.1 Å². The summed E-state index contributed by atoms with van der Waals surface area (Å²) in [7, 11) is 0. The number of fused-ring (bicyclic) bond motifs is 1. The van der Waals surface area contributed by atoms with E-state index in [1.54, 1.807) is 12.4 Å². The molecule has 0 atom stereocenters. The molecule has 3 aromatic heterocycles. The summed E-state index contributed by atoms with van der Waals surface area (Å²) in [5, 5.41) is 12.6. The van der Waals surface area contributed by atoms with Crippen LogP contribution in [0.5, 0.6) is 0 Å². The van der Waals surface area contributed by atoms with E-state index in [4.69, 9.17) is 14.5 Å². The Kier molecular flexibility index (Phi) is 4.24. The lowest BCUT2D eigenvalue weighted by Gasteiger charge is -2.30. The first kappa shape index (κ1) is 16.4. The highest BCUT2D eigenvalue weighted by atomic mass is 16.4. The number of aryl methyl sites for hydroxylation is 1. The molecule has 3 aromatic rings. The van der Waals surface area contributed by atoms with Gasteiger partial charge in [-0.3, -0.25) is 4.98 Å². The lowest BCUT2D eigenvalue weighted by Crippen LogP contribution is -2.42. The Hall–Kier alpha value is -3.03. The molecule has 1 fully saturated rings. The summed E-state index contributed by atoms with van der Waals surface area (Å²) in [6.07, 6.45) is 4.19. The normalized spacial score (nSPS) is 15.5. The molecule has 4 heterocycles. The molecule has 1 amide bonds. The number of rotatable bonds is 4. The van der Waals surface area contributed by atoms with Crippen LogP contribution in [-0.4, -0.2) is 49.8 Å². The van der Waals surface area contributed by atoms with Crippen molar-refractivity contribution in [2.75, 3.05) is 18.4 Å². The Bertz CT molecular complexity index is 924. The molecule has 0 radical (unpaired) electrons. The molecule has 4 rings (SSSR count). The van der Waals surface area contributed by atoms with E-state index in [1.807, 2.05) is 25.1 Å². The highest BCUT2D eigenvalue weighted by molar-refractivity contribution is 5.77. The molecular formula is C18H21N5O3. The van der Waals surface area contributed by atoms with Crippen molar-refractivity contribution in [3.05, 3.63) is 42.1 Å². The minimum Gasteiger partial charge on any atom is -0.465 e. The fourth-order valence-electron chi connectivity index (χ4n) is 3.36. The van der Waals surface area contributed by atoms with Gasteiger partial charge in [0.15, 0.2) is 0 Å². The molecule has 0 bridgehead atoms. The van der Waals surface area contributed by atoms with Gasteiger partial charge in [-0.2, -0.15) is 0 Å². The van der Waals surface area contributed by atoms with Gasteiger partial charge in [0, 0.05) is 25.3 Å². The van der Waals surface area contributed by atoms with Crippen molar-refractivity contribution < 1.29 is 14.3 Å². The quantitative estimate of drug-likeness (QED) is 0.747. The lowest BCUT2D eigenvalue weighted by molar-refractivity contribution is 0.133. The molecule has 26 heavy (non-hydrogen) atoms. The second-order valence-electron chi connectivity index (χ2n) is 6.59. The number of imidazole rings is 1. The Balaban J connectivity index is 1.58. The zero-order chi connectivity index (χ0) is 18.1. The third-order valence-electron chi connectivity index (χ3n) is 4.76. The van der Waals surface area contributed by atoms with Crippen LogP contribution in [0.2, 0.25) is 0 Å². The number of hydrogen-bond acceptors (Lipinski definition) is 5. The number of furan rings is 1. The van der Waals surface area contributed by atoms with Crippen LogP contribution in [0.1, 0.15) is 24.4 Å². The largest absolute Gasteiger partial charge is 0.465 e. The molecule has 0 unspecified atom stereocenters. The average molecular weight is 355 g/mol. The van der Waals surface area contributed by atoms with E-state index in [0.717, 1.165) is 41.3 Å². The number of nitrogens with zero attached hydrogens (tertiary/aromatic N) is 4. The van der Waals surface area contributed by atoms with Gasteiger partial charge in [0.1, 0.15) is 11.5 Å². The van der Waals surface area contributed by atoms with Gasteiger partial charge in [-0.15, -0.1) is 0 Å². The minimum atomic E-state index is -0.852. The Morgan fingerprint density at radius 2 is 2.15 bits per heavy atom. The molecule has 1 aliphatic heterocycles. The molecule has 2 N–H and O–H groups in total. The Morgan fingerprint density at radius 1 is 1.35 bits per heavy atom. The molecule has 136 valence electrons. The maximum atomic E-state index is 11.1. The number of pyridine rings is 1. The van der Waals surface area contributed by atoms with Gasteiger partial charge in [0.25, 0.3) is 0 Å². The SMILES string of the molecule is Cc1ccc(Cn2c(NC3CCN(C(=O)O)CC3)nc3ccncc32)o1. The van der Waals surface area contributed by atoms with Crippen LogP contribution in [-0.2, 0) is 6.54 Å². The van der Waals surface area contributed by atoms with E-state index in [2.05, 4.69) is 14.9 Å². The number of piperidine rings is 1. The summed E-state index contributed by atoms with van der Waals surface area (Å²) in [5.41, 5.74) is 1.81. The highest BCUT2D eigenvalue weighted by Crippen LogP contribution is 2.23. The standard InChI is InChI=1S/C18H21N5O3/c1-12-2-3-14(26-12)11-23-16-10-19-7-4-15(16)21-17(23)20-13-5-8-22(9-6-13)18(24)25/h2-4,7,10,13H,5-6,8-9,11H2,1H3,(H,20,21)(H,24,25). The van der Waals surface area contributed by atoms with E-state index >= 15 is 0 Å². The molecule has 8 nitrogen and oxygen atoms in total. The van der Waals surface area contributed by atoms with Crippen LogP contribution in [0.4, 0.5) is 10.7 Å². The average Bonchev–Trinajstić information content (AvgIpc) is 3.20. The Labute approximate surface area is 150 Å². The van der Waals surface area contributed by atoms with Gasteiger partial charge in [-0.25, -0.2) is 9.78 Å². The van der Waals surface area contributed by atoms with Crippen molar-refractivity contribution in [3.63, 3.8) is 0 Å². The third-order valence-corrected chi connectivity index (χ3v) is 4.76. The third kappa shape index (κ3) is 3.22. The van der Waals surface area contributed by atoms with Gasteiger partial charge >= 0.3 is 6.09 Å². The summed E-state index contributed by atoms with van der Waals surface area (Å²) < 4.78 is 7.78. The molecule has 8 heteroatoms.